The van der Waals surface area contributed by atoms with Crippen molar-refractivity contribution in [1.82, 2.24) is 0 Å². The van der Waals surface area contributed by atoms with Gasteiger partial charge in [-0.2, -0.15) is 0 Å². The molecule has 10 heteroatoms. The minimum Gasteiger partial charge on any atom is -0.462 e. The van der Waals surface area contributed by atoms with Crippen LogP contribution in [0.1, 0.15) is 264 Å². The van der Waals surface area contributed by atoms with E-state index in [2.05, 4.69) is 111 Å². The minimum absolute atomic E-state index is 0.0520. The molecule has 3 N–H and O–H groups in total. The molecule has 0 aromatic heterocycles. The van der Waals surface area contributed by atoms with Gasteiger partial charge >= 0.3 is 19.8 Å². The van der Waals surface area contributed by atoms with E-state index in [1.165, 1.54) is 141 Å². The van der Waals surface area contributed by atoms with Gasteiger partial charge in [0.15, 0.2) is 6.10 Å². The van der Waals surface area contributed by atoms with Crippen LogP contribution in [0, 0.1) is 0 Å². The van der Waals surface area contributed by atoms with E-state index < -0.39 is 26.5 Å². The van der Waals surface area contributed by atoms with Gasteiger partial charge in [0, 0.05) is 19.4 Å². The maximum atomic E-state index is 12.7. The second-order valence-electron chi connectivity index (χ2n) is 19.8. The highest BCUT2D eigenvalue weighted by Crippen LogP contribution is 2.43. The summed E-state index contributed by atoms with van der Waals surface area (Å²) in [6.45, 7) is 3.64. The Hall–Kier alpha value is -3.07. The van der Waals surface area contributed by atoms with Gasteiger partial charge in [-0.25, -0.2) is 4.57 Å². The molecular formula is C64H112NO8P. The first kappa shape index (κ1) is 70.9. The Morgan fingerprint density at radius 1 is 0.419 bits per heavy atom. The quantitative estimate of drug-likeness (QED) is 0.0264. The van der Waals surface area contributed by atoms with Crippen LogP contribution >= 0.6 is 7.82 Å². The summed E-state index contributed by atoms with van der Waals surface area (Å²) >= 11 is 0. The van der Waals surface area contributed by atoms with E-state index in [9.17, 15) is 19.0 Å². The molecule has 0 spiro atoms. The highest BCUT2D eigenvalue weighted by atomic mass is 31.2. The predicted molar refractivity (Wildman–Crippen MR) is 316 cm³/mol. The number of rotatable bonds is 56. The van der Waals surface area contributed by atoms with E-state index in [0.717, 1.165) is 89.9 Å². The molecule has 0 fully saturated rings. The molecule has 0 aliphatic heterocycles. The van der Waals surface area contributed by atoms with E-state index >= 15 is 0 Å². The molecule has 0 radical (unpaired) electrons. The molecule has 74 heavy (non-hydrogen) atoms. The van der Waals surface area contributed by atoms with Crippen LogP contribution in [-0.2, 0) is 32.7 Å². The largest absolute Gasteiger partial charge is 0.472 e. The number of esters is 2. The van der Waals surface area contributed by atoms with Crippen molar-refractivity contribution in [2.45, 2.75) is 270 Å². The number of hydrogen-bond donors (Lipinski definition) is 2. The average molecular weight is 1050 g/mol. The maximum Gasteiger partial charge on any atom is 0.472 e. The van der Waals surface area contributed by atoms with Crippen molar-refractivity contribution in [3.63, 3.8) is 0 Å². The fourth-order valence-corrected chi connectivity index (χ4v) is 9.07. The lowest BCUT2D eigenvalue weighted by atomic mass is 10.0. The number of allylic oxidation sites excluding steroid dienone is 16. The van der Waals surface area contributed by atoms with Gasteiger partial charge in [0.05, 0.1) is 13.2 Å². The number of hydrogen-bond acceptors (Lipinski definition) is 8. The summed E-state index contributed by atoms with van der Waals surface area (Å²) in [5.41, 5.74) is 5.38. The normalized spacial score (nSPS) is 13.7. The third-order valence-corrected chi connectivity index (χ3v) is 13.7. The molecule has 0 aromatic carbocycles. The molecule has 0 heterocycles. The summed E-state index contributed by atoms with van der Waals surface area (Å²) in [4.78, 5) is 35.1. The molecule has 9 nitrogen and oxygen atoms in total. The smallest absolute Gasteiger partial charge is 0.462 e. The monoisotopic (exact) mass is 1050 g/mol. The molecule has 0 saturated carbocycles. The highest BCUT2D eigenvalue weighted by Gasteiger charge is 2.26. The summed E-state index contributed by atoms with van der Waals surface area (Å²) in [6.07, 6.45) is 79.0. The van der Waals surface area contributed by atoms with Crippen molar-refractivity contribution in [3.05, 3.63) is 97.2 Å². The zero-order valence-corrected chi connectivity index (χ0v) is 48.4. The highest BCUT2D eigenvalue weighted by molar-refractivity contribution is 7.47. The summed E-state index contributed by atoms with van der Waals surface area (Å²) < 4.78 is 33.0. The van der Waals surface area contributed by atoms with E-state index in [-0.39, 0.29) is 38.6 Å². The summed E-state index contributed by atoms with van der Waals surface area (Å²) in [7, 11) is -4.39. The molecule has 426 valence electrons. The van der Waals surface area contributed by atoms with Crippen molar-refractivity contribution in [1.29, 1.82) is 0 Å². The Morgan fingerprint density at radius 2 is 0.743 bits per heavy atom. The van der Waals surface area contributed by atoms with Crippen LogP contribution in [0.2, 0.25) is 0 Å². The number of nitrogens with two attached hydrogens (primary N) is 1. The van der Waals surface area contributed by atoms with E-state index in [0.29, 0.717) is 6.42 Å². The van der Waals surface area contributed by atoms with Gasteiger partial charge in [0.25, 0.3) is 0 Å². The van der Waals surface area contributed by atoms with Gasteiger partial charge in [0.2, 0.25) is 0 Å². The van der Waals surface area contributed by atoms with Gasteiger partial charge in [-0.05, 0) is 77.0 Å². The molecule has 0 aliphatic carbocycles. The third kappa shape index (κ3) is 58.2. The van der Waals surface area contributed by atoms with Crippen molar-refractivity contribution >= 4 is 19.8 Å². The zero-order chi connectivity index (χ0) is 53.8. The number of phosphoric acid groups is 1. The molecule has 0 amide bonds. The standard InChI is InChI=1S/C64H112NO8P/c1-3-5-7-9-11-13-15-17-19-20-21-22-23-24-25-26-27-28-29-30-31-32-33-34-35-36-37-38-39-40-41-42-43-45-47-49-51-53-55-57-64(67)73-62(61-72-74(68,69)71-59-58-65)60-70-63(66)56-54-52-50-48-46-44-18-16-14-12-10-8-6-4-2/h5,7,11,13,17,19,21-22,24-25,27-28,30-31,33-34,62H,3-4,6,8-10,12,14-16,18,20,23,26,29,32,35-61,65H2,1-2H3,(H,68,69)/b7-5-,13-11-,19-17-,22-21-,25-24-,28-27-,31-30-,34-33-. The predicted octanol–water partition coefficient (Wildman–Crippen LogP) is 19.2. The first-order valence-corrected chi connectivity index (χ1v) is 31.7. The van der Waals surface area contributed by atoms with Crippen molar-refractivity contribution in [2.24, 2.45) is 5.73 Å². The Balaban J connectivity index is 3.88. The van der Waals surface area contributed by atoms with Crippen LogP contribution in [0.3, 0.4) is 0 Å². The second-order valence-corrected chi connectivity index (χ2v) is 21.3. The van der Waals surface area contributed by atoms with Gasteiger partial charge in [-0.3, -0.25) is 18.6 Å². The van der Waals surface area contributed by atoms with Gasteiger partial charge in [0.1, 0.15) is 6.61 Å². The number of carbonyl (C=O) groups excluding carboxylic acids is 2. The zero-order valence-electron chi connectivity index (χ0n) is 47.6. The molecule has 0 bridgehead atoms. The van der Waals surface area contributed by atoms with Crippen molar-refractivity contribution in [2.75, 3.05) is 26.4 Å². The number of carbonyl (C=O) groups is 2. The fourth-order valence-electron chi connectivity index (χ4n) is 8.30. The minimum atomic E-state index is -4.39. The number of ether oxygens (including phenoxy) is 2. The Morgan fingerprint density at radius 3 is 1.11 bits per heavy atom. The van der Waals surface area contributed by atoms with E-state index in [1.807, 2.05) is 0 Å². The Bertz CT molecular complexity index is 1530. The van der Waals surface area contributed by atoms with Crippen LogP contribution in [0.15, 0.2) is 97.2 Å². The second kappa shape index (κ2) is 59.2. The third-order valence-electron chi connectivity index (χ3n) is 12.7. The van der Waals surface area contributed by atoms with Crippen LogP contribution in [0.25, 0.3) is 0 Å². The van der Waals surface area contributed by atoms with Crippen LogP contribution < -0.4 is 5.73 Å². The Labute approximate surface area is 455 Å². The topological polar surface area (TPSA) is 134 Å². The summed E-state index contributed by atoms with van der Waals surface area (Å²) in [5, 5.41) is 0. The van der Waals surface area contributed by atoms with Crippen molar-refractivity contribution < 1.29 is 37.6 Å². The average Bonchev–Trinajstić information content (AvgIpc) is 3.39. The summed E-state index contributed by atoms with van der Waals surface area (Å²) in [5.74, 6) is -0.823. The van der Waals surface area contributed by atoms with E-state index in [1.54, 1.807) is 0 Å². The maximum absolute atomic E-state index is 12.7. The molecule has 2 atom stereocenters. The molecule has 0 rings (SSSR count). The number of phosphoric ester groups is 1. The summed E-state index contributed by atoms with van der Waals surface area (Å²) in [6, 6.07) is 0. The number of unbranched alkanes of at least 4 members (excludes halogenated alkanes) is 27. The Kier molecular flexibility index (Phi) is 56.7. The first-order chi connectivity index (χ1) is 36.3. The fraction of sp³-hybridized carbons (Fsp3) is 0.719. The first-order valence-electron chi connectivity index (χ1n) is 30.2. The lowest BCUT2D eigenvalue weighted by Crippen LogP contribution is -2.29. The van der Waals surface area contributed by atoms with Gasteiger partial charge < -0.3 is 20.1 Å². The SMILES string of the molecule is CC/C=C\C/C=C\C/C=C\C/C=C\C/C=C\C/C=C\C/C=C\C/C=C\CCCCCCCCCCCCCCCCC(=O)OC(COC(=O)CCCCCCCCCCCCCCCC)COP(=O)(O)OCCN. The van der Waals surface area contributed by atoms with Crippen molar-refractivity contribution in [3.8, 4) is 0 Å². The lowest BCUT2D eigenvalue weighted by Gasteiger charge is -2.19. The lowest BCUT2D eigenvalue weighted by molar-refractivity contribution is -0.161. The van der Waals surface area contributed by atoms with Gasteiger partial charge in [-0.1, -0.05) is 272 Å². The van der Waals surface area contributed by atoms with Crippen LogP contribution in [-0.4, -0.2) is 49.3 Å². The van der Waals surface area contributed by atoms with E-state index in [4.69, 9.17) is 24.3 Å². The molecular weight excluding hydrogens is 942 g/mol. The van der Waals surface area contributed by atoms with Gasteiger partial charge in [-0.15, -0.1) is 0 Å². The van der Waals surface area contributed by atoms with Crippen LogP contribution in [0.4, 0.5) is 0 Å². The molecule has 0 aromatic rings. The molecule has 0 aliphatic rings. The molecule has 2 unspecified atom stereocenters. The molecule has 0 saturated heterocycles. The van der Waals surface area contributed by atoms with Crippen LogP contribution in [0.5, 0.6) is 0 Å².